The zero-order valence-corrected chi connectivity index (χ0v) is 31.5. The minimum atomic E-state index is 0.548. The monoisotopic (exact) mass is 763 g/mol. The molecular weight excluding hydrogens is 731 g/mol. The molecule has 3 aromatic heterocycles. The van der Waals surface area contributed by atoms with Crippen LogP contribution in [-0.4, -0.2) is 15.0 Å². The Balaban J connectivity index is 0.892. The second-order valence-corrected chi connectivity index (χ2v) is 14.1. The van der Waals surface area contributed by atoms with Gasteiger partial charge in [0.15, 0.2) is 16.7 Å². The number of nitrogens with zero attached hydrogens (tertiary/aromatic N) is 5. The van der Waals surface area contributed by atoms with Crippen LogP contribution in [0.4, 0.5) is 34.1 Å². The van der Waals surface area contributed by atoms with E-state index in [1.807, 2.05) is 115 Å². The van der Waals surface area contributed by atoms with Crippen molar-refractivity contribution in [3.05, 3.63) is 200 Å². The van der Waals surface area contributed by atoms with E-state index in [2.05, 4.69) is 105 Å². The molecule has 11 aromatic rings. The van der Waals surface area contributed by atoms with E-state index < -0.39 is 0 Å². The lowest BCUT2D eigenvalue weighted by Crippen LogP contribution is -2.09. The first-order valence-corrected chi connectivity index (χ1v) is 19.3. The van der Waals surface area contributed by atoms with Gasteiger partial charge in [-0.05, 0) is 140 Å². The lowest BCUT2D eigenvalue weighted by atomic mass is 10.1. The van der Waals surface area contributed by atoms with Gasteiger partial charge < -0.3 is 23.1 Å². The van der Waals surface area contributed by atoms with Gasteiger partial charge in [0.2, 0.25) is 17.7 Å². The Kier molecular flexibility index (Phi) is 8.29. The molecule has 280 valence electrons. The zero-order chi connectivity index (χ0) is 39.1. The Labute approximate surface area is 338 Å². The van der Waals surface area contributed by atoms with E-state index in [9.17, 15) is 0 Å². The van der Waals surface area contributed by atoms with Crippen LogP contribution < -0.4 is 9.80 Å². The highest BCUT2D eigenvalue weighted by Gasteiger charge is 2.18. The number of rotatable bonds is 9. The van der Waals surface area contributed by atoms with Crippen LogP contribution in [0.3, 0.4) is 0 Å². The van der Waals surface area contributed by atoms with Crippen LogP contribution in [0.15, 0.2) is 213 Å². The van der Waals surface area contributed by atoms with E-state index in [4.69, 9.17) is 18.2 Å². The Morgan fingerprint density at radius 2 is 0.593 bits per heavy atom. The molecule has 0 radical (unpaired) electrons. The molecule has 0 aliphatic heterocycles. The second-order valence-electron chi connectivity index (χ2n) is 14.1. The average Bonchev–Trinajstić information content (AvgIpc) is 4.05. The highest BCUT2D eigenvalue weighted by atomic mass is 16.4. The predicted molar refractivity (Wildman–Crippen MR) is 235 cm³/mol. The normalized spacial score (nSPS) is 11.4. The Bertz CT molecular complexity index is 3140. The van der Waals surface area contributed by atoms with Gasteiger partial charge in [0, 0.05) is 50.8 Å². The third-order valence-electron chi connectivity index (χ3n) is 10.4. The summed E-state index contributed by atoms with van der Waals surface area (Å²) in [6.07, 6.45) is 0. The standard InChI is InChI=1S/C51H33N5O3/c1-3-11-37(12-4-1)55(39-25-19-34(20-26-39)49-52-43-15-7-9-17-46(43)57-49)40-27-21-36(22-28-40)51-54-45-33-42(31-32-48(45)59-51)56(38-13-5-2-6-14-38)41-29-23-35(24-30-41)50-53-44-16-8-10-18-47(44)58-50/h1-33H. The molecule has 0 fully saturated rings. The zero-order valence-electron chi connectivity index (χ0n) is 31.5. The number of benzene rings is 8. The Morgan fingerprint density at radius 3 is 1.02 bits per heavy atom. The highest BCUT2D eigenvalue weighted by molar-refractivity contribution is 5.87. The van der Waals surface area contributed by atoms with Crippen LogP contribution in [0.5, 0.6) is 0 Å². The third kappa shape index (κ3) is 6.44. The lowest BCUT2D eigenvalue weighted by molar-refractivity contribution is 0.619. The van der Waals surface area contributed by atoms with E-state index in [-0.39, 0.29) is 0 Å². The molecule has 0 aliphatic carbocycles. The summed E-state index contributed by atoms with van der Waals surface area (Å²) in [4.78, 5) is 18.8. The van der Waals surface area contributed by atoms with Gasteiger partial charge in [0.05, 0.1) is 0 Å². The summed E-state index contributed by atoms with van der Waals surface area (Å²) in [5.74, 6) is 1.73. The van der Waals surface area contributed by atoms with E-state index in [1.54, 1.807) is 0 Å². The molecule has 8 nitrogen and oxygen atoms in total. The number of oxazole rings is 3. The molecule has 0 spiro atoms. The SMILES string of the molecule is c1ccc(N(c2ccc(-c3nc4ccccc4o3)cc2)c2ccc(-c3nc4cc(N(c5ccccc5)c5ccc(-c6nc7ccccc7o6)cc5)ccc4o3)cc2)cc1. The van der Waals surface area contributed by atoms with E-state index in [0.717, 1.165) is 78.5 Å². The van der Waals surface area contributed by atoms with Gasteiger partial charge >= 0.3 is 0 Å². The van der Waals surface area contributed by atoms with Gasteiger partial charge in [-0.3, -0.25) is 0 Å². The van der Waals surface area contributed by atoms with Crippen molar-refractivity contribution >= 4 is 67.4 Å². The van der Waals surface area contributed by atoms with Crippen LogP contribution in [0, 0.1) is 0 Å². The first kappa shape index (κ1) is 34.1. The van der Waals surface area contributed by atoms with E-state index in [0.29, 0.717) is 23.3 Å². The quantitative estimate of drug-likeness (QED) is 0.144. The summed E-state index contributed by atoms with van der Waals surface area (Å²) in [5, 5.41) is 0. The number of para-hydroxylation sites is 6. The molecule has 8 heteroatoms. The van der Waals surface area contributed by atoms with Gasteiger partial charge in [-0.2, -0.15) is 0 Å². The van der Waals surface area contributed by atoms with Crippen molar-refractivity contribution in [3.8, 4) is 34.4 Å². The van der Waals surface area contributed by atoms with Crippen LogP contribution in [0.2, 0.25) is 0 Å². The number of fused-ring (bicyclic) bond motifs is 3. The van der Waals surface area contributed by atoms with Crippen molar-refractivity contribution in [1.29, 1.82) is 0 Å². The van der Waals surface area contributed by atoms with Crippen LogP contribution in [0.25, 0.3) is 67.7 Å². The fourth-order valence-electron chi connectivity index (χ4n) is 7.48. The number of hydrogen-bond donors (Lipinski definition) is 0. The van der Waals surface area contributed by atoms with Gasteiger partial charge in [0.1, 0.15) is 16.6 Å². The second kappa shape index (κ2) is 14.4. The van der Waals surface area contributed by atoms with E-state index in [1.165, 1.54) is 0 Å². The van der Waals surface area contributed by atoms with Crippen molar-refractivity contribution in [2.45, 2.75) is 0 Å². The fourth-order valence-corrected chi connectivity index (χ4v) is 7.48. The van der Waals surface area contributed by atoms with Crippen molar-refractivity contribution in [3.63, 3.8) is 0 Å². The molecular formula is C51H33N5O3. The maximum atomic E-state index is 6.36. The molecule has 0 unspecified atom stereocenters. The smallest absolute Gasteiger partial charge is 0.227 e. The maximum absolute atomic E-state index is 6.36. The van der Waals surface area contributed by atoms with Crippen molar-refractivity contribution < 1.29 is 13.3 Å². The summed E-state index contributed by atoms with van der Waals surface area (Å²) < 4.78 is 18.4. The molecule has 0 aliphatic rings. The highest BCUT2D eigenvalue weighted by Crippen LogP contribution is 2.40. The average molecular weight is 764 g/mol. The lowest BCUT2D eigenvalue weighted by Gasteiger charge is -2.25. The minimum Gasteiger partial charge on any atom is -0.436 e. The summed E-state index contributed by atoms with van der Waals surface area (Å²) >= 11 is 0. The summed E-state index contributed by atoms with van der Waals surface area (Å²) in [7, 11) is 0. The molecule has 59 heavy (non-hydrogen) atoms. The first-order chi connectivity index (χ1) is 29.2. The Morgan fingerprint density at radius 1 is 0.271 bits per heavy atom. The van der Waals surface area contributed by atoms with Crippen molar-refractivity contribution in [1.82, 2.24) is 15.0 Å². The molecule has 0 atom stereocenters. The molecule has 0 bridgehead atoms. The summed E-state index contributed by atoms with van der Waals surface area (Å²) in [6.45, 7) is 0. The van der Waals surface area contributed by atoms with Gasteiger partial charge in [-0.1, -0.05) is 60.7 Å². The topological polar surface area (TPSA) is 84.6 Å². The molecule has 0 saturated carbocycles. The molecule has 0 amide bonds. The Hall–Kier alpha value is -8.23. The molecule has 8 aromatic carbocycles. The van der Waals surface area contributed by atoms with Crippen LogP contribution in [0.1, 0.15) is 0 Å². The fraction of sp³-hybridized carbons (Fsp3) is 0. The van der Waals surface area contributed by atoms with Gasteiger partial charge in [-0.15, -0.1) is 0 Å². The van der Waals surface area contributed by atoms with Crippen LogP contribution >= 0.6 is 0 Å². The van der Waals surface area contributed by atoms with Crippen LogP contribution in [-0.2, 0) is 0 Å². The molecule has 11 rings (SSSR count). The minimum absolute atomic E-state index is 0.548. The van der Waals surface area contributed by atoms with Crippen molar-refractivity contribution in [2.75, 3.05) is 9.80 Å². The van der Waals surface area contributed by atoms with Gasteiger partial charge in [0.25, 0.3) is 0 Å². The maximum Gasteiger partial charge on any atom is 0.227 e. The van der Waals surface area contributed by atoms with Gasteiger partial charge in [-0.25, -0.2) is 15.0 Å². The molecule has 0 saturated heterocycles. The summed E-state index contributed by atoms with van der Waals surface area (Å²) in [6, 6.07) is 67.2. The van der Waals surface area contributed by atoms with E-state index >= 15 is 0 Å². The number of anilines is 6. The summed E-state index contributed by atoms with van der Waals surface area (Å²) in [5.41, 5.74) is 13.4. The predicted octanol–water partition coefficient (Wildman–Crippen LogP) is 14.1. The number of aromatic nitrogens is 3. The largest absolute Gasteiger partial charge is 0.436 e. The first-order valence-electron chi connectivity index (χ1n) is 19.3. The van der Waals surface area contributed by atoms with Crippen molar-refractivity contribution in [2.24, 2.45) is 0 Å². The molecule has 3 heterocycles. The number of hydrogen-bond acceptors (Lipinski definition) is 8. The third-order valence-corrected chi connectivity index (χ3v) is 10.4. The molecule has 0 N–H and O–H groups in total.